The molecule has 4 saturated carbocycles. The van der Waals surface area contributed by atoms with Gasteiger partial charge in [0, 0.05) is 27.7 Å². The molecule has 4 N–H and O–H groups in total. The summed E-state index contributed by atoms with van der Waals surface area (Å²) < 4.78 is 16.0. The molecular weight excluding hydrogens is 580 g/mol. The van der Waals surface area contributed by atoms with Crippen LogP contribution in [0.2, 0.25) is 10.0 Å². The minimum Gasteiger partial charge on any atom is -0.481 e. The Kier molecular flexibility index (Phi) is 5.98. The van der Waals surface area contributed by atoms with Crippen molar-refractivity contribution in [3.63, 3.8) is 0 Å². The average Bonchev–Trinajstić information content (AvgIpc) is 3.38. The number of halogens is 3. The number of hydrogen-bond donors (Lipinski definition) is 4. The Morgan fingerprint density at radius 3 is 2.31 bits per heavy atom. The van der Waals surface area contributed by atoms with Gasteiger partial charge in [0.25, 0.3) is 0 Å². The highest BCUT2D eigenvalue weighted by atomic mass is 35.5. The van der Waals surface area contributed by atoms with Gasteiger partial charge < -0.3 is 15.7 Å². The molecule has 222 valence electrons. The van der Waals surface area contributed by atoms with E-state index in [0.717, 1.165) is 0 Å². The summed E-state index contributed by atoms with van der Waals surface area (Å²) in [5, 5.41) is 20.2. The molecule has 0 radical (unpaired) electrons. The van der Waals surface area contributed by atoms with E-state index in [-0.39, 0.29) is 27.8 Å². The molecule has 3 atom stereocenters. The summed E-state index contributed by atoms with van der Waals surface area (Å²) in [6.07, 6.45) is 4.43. The van der Waals surface area contributed by atoms with E-state index in [1.165, 1.54) is 6.07 Å². The highest BCUT2D eigenvalue weighted by Crippen LogP contribution is 2.68. The van der Waals surface area contributed by atoms with Gasteiger partial charge in [0.2, 0.25) is 11.8 Å². The van der Waals surface area contributed by atoms with Crippen molar-refractivity contribution in [2.45, 2.75) is 93.7 Å². The Labute approximate surface area is 253 Å². The van der Waals surface area contributed by atoms with E-state index in [0.29, 0.717) is 67.6 Å². The standard InChI is InChI=1S/C32H34Cl2FN3O4/c1-28(2)15-31(16-28)32(19-7-6-17(33)14-21(19)36-26(32)40)22(18-4-3-5-20(34)23(18)35)24(37-31)25(39)38-30-11-8-29(9-12-30,10-13-30)27(41)42/h3-7,14,22,24,37H,8-13,15-16H2,1-2H3,(H,36,40)(H,38,39)(H,41,42). The third-order valence-corrected chi connectivity index (χ3v) is 11.8. The van der Waals surface area contributed by atoms with Crippen LogP contribution >= 0.6 is 23.2 Å². The van der Waals surface area contributed by atoms with Crippen LogP contribution < -0.4 is 16.0 Å². The minimum absolute atomic E-state index is 0.0744. The zero-order valence-electron chi connectivity index (χ0n) is 23.6. The van der Waals surface area contributed by atoms with Gasteiger partial charge in [-0.3, -0.25) is 19.7 Å². The van der Waals surface area contributed by atoms with Crippen molar-refractivity contribution >= 4 is 46.7 Å². The van der Waals surface area contributed by atoms with Crippen LogP contribution in [0.25, 0.3) is 0 Å². The quantitative estimate of drug-likeness (QED) is 0.342. The SMILES string of the molecule is CC1(C)CC2(C1)NC(C(=O)NC13CCC(C(=O)O)(CC1)CC3)C(c1cccc(Cl)c1F)C21C(=O)Nc2cc(Cl)ccc21. The lowest BCUT2D eigenvalue weighted by Gasteiger charge is -2.58. The molecule has 2 amide bonds. The van der Waals surface area contributed by atoms with Crippen molar-refractivity contribution in [2.75, 3.05) is 5.32 Å². The van der Waals surface area contributed by atoms with Crippen molar-refractivity contribution in [2.24, 2.45) is 10.8 Å². The maximum Gasteiger partial charge on any atom is 0.309 e. The fourth-order valence-electron chi connectivity index (χ4n) is 9.52. The van der Waals surface area contributed by atoms with Crippen LogP contribution in [-0.4, -0.2) is 40.0 Å². The van der Waals surface area contributed by atoms with E-state index >= 15 is 4.39 Å². The maximum atomic E-state index is 16.0. The van der Waals surface area contributed by atoms with Gasteiger partial charge in [0.05, 0.1) is 16.5 Å². The lowest BCUT2D eigenvalue weighted by atomic mass is 9.46. The zero-order chi connectivity index (χ0) is 29.9. The summed E-state index contributed by atoms with van der Waals surface area (Å²) in [5.74, 6) is -2.91. The number of carbonyl (C=O) groups is 3. The Bertz CT molecular complexity index is 1530. The van der Waals surface area contributed by atoms with E-state index in [9.17, 15) is 19.5 Å². The lowest BCUT2D eigenvalue weighted by Crippen LogP contribution is -2.68. The fraction of sp³-hybridized carbons (Fsp3) is 0.531. The van der Waals surface area contributed by atoms with E-state index in [1.54, 1.807) is 24.3 Å². The molecule has 8 rings (SSSR count). The van der Waals surface area contributed by atoms with Crippen molar-refractivity contribution in [1.82, 2.24) is 10.6 Å². The molecule has 3 unspecified atom stereocenters. The Morgan fingerprint density at radius 2 is 1.69 bits per heavy atom. The van der Waals surface area contributed by atoms with Crippen LogP contribution in [0.3, 0.4) is 0 Å². The van der Waals surface area contributed by atoms with Gasteiger partial charge in [0.1, 0.15) is 11.2 Å². The third-order valence-electron chi connectivity index (χ3n) is 11.2. The summed E-state index contributed by atoms with van der Waals surface area (Å²) >= 11 is 12.7. The number of carbonyl (C=O) groups excluding carboxylic acids is 2. The van der Waals surface area contributed by atoms with Crippen LogP contribution in [0.15, 0.2) is 36.4 Å². The number of carboxylic acids is 1. The molecule has 6 aliphatic rings. The first-order valence-corrected chi connectivity index (χ1v) is 15.4. The van der Waals surface area contributed by atoms with Crippen LogP contribution in [-0.2, 0) is 19.8 Å². The molecule has 10 heteroatoms. The molecule has 7 nitrogen and oxygen atoms in total. The van der Waals surface area contributed by atoms with Crippen molar-refractivity contribution in [3.8, 4) is 0 Å². The fourth-order valence-corrected chi connectivity index (χ4v) is 9.87. The first kappa shape index (κ1) is 28.1. The number of anilines is 1. The predicted molar refractivity (Wildman–Crippen MR) is 157 cm³/mol. The first-order chi connectivity index (χ1) is 19.8. The van der Waals surface area contributed by atoms with E-state index in [1.807, 2.05) is 6.07 Å². The van der Waals surface area contributed by atoms with Crippen LogP contribution in [0.1, 0.15) is 82.3 Å². The van der Waals surface area contributed by atoms with Crippen molar-refractivity contribution < 1.29 is 23.9 Å². The molecule has 2 aromatic rings. The monoisotopic (exact) mass is 613 g/mol. The van der Waals surface area contributed by atoms with Crippen molar-refractivity contribution in [1.29, 1.82) is 0 Å². The van der Waals surface area contributed by atoms with Gasteiger partial charge >= 0.3 is 5.97 Å². The minimum atomic E-state index is -1.30. The number of hydrogen-bond acceptors (Lipinski definition) is 4. The van der Waals surface area contributed by atoms with Gasteiger partial charge in [-0.05, 0) is 86.1 Å². The third kappa shape index (κ3) is 3.64. The maximum absolute atomic E-state index is 16.0. The number of nitrogens with one attached hydrogen (secondary N) is 3. The Morgan fingerprint density at radius 1 is 1.02 bits per heavy atom. The molecule has 5 fully saturated rings. The molecule has 1 saturated heterocycles. The number of aliphatic carboxylic acids is 1. The summed E-state index contributed by atoms with van der Waals surface area (Å²) in [6, 6.07) is 9.07. The summed E-state index contributed by atoms with van der Waals surface area (Å²) in [6.45, 7) is 4.26. The molecule has 2 bridgehead atoms. The van der Waals surface area contributed by atoms with Gasteiger partial charge in [-0.25, -0.2) is 4.39 Å². The van der Waals surface area contributed by atoms with Crippen molar-refractivity contribution in [3.05, 3.63) is 63.4 Å². The van der Waals surface area contributed by atoms with Crippen LogP contribution in [0.4, 0.5) is 10.1 Å². The summed E-state index contributed by atoms with van der Waals surface area (Å²) in [5.41, 5.74) is -2.01. The highest BCUT2D eigenvalue weighted by Gasteiger charge is 2.76. The van der Waals surface area contributed by atoms with Crippen LogP contribution in [0, 0.1) is 16.6 Å². The Hall–Kier alpha value is -2.68. The van der Waals surface area contributed by atoms with E-state index in [4.69, 9.17) is 23.2 Å². The Balaban J connectivity index is 1.36. The molecule has 2 aliphatic heterocycles. The number of amides is 2. The topological polar surface area (TPSA) is 108 Å². The second-order valence-corrected chi connectivity index (χ2v) is 15.0. The summed E-state index contributed by atoms with van der Waals surface area (Å²) in [4.78, 5) is 40.9. The van der Waals surface area contributed by atoms with Gasteiger partial charge in [-0.2, -0.15) is 0 Å². The number of benzene rings is 2. The number of carboxylic acid groups (broad SMARTS) is 1. The molecule has 2 spiro atoms. The lowest BCUT2D eigenvalue weighted by molar-refractivity contribution is -0.157. The molecule has 4 aliphatic carbocycles. The summed E-state index contributed by atoms with van der Waals surface area (Å²) in [7, 11) is 0. The normalized spacial score (nSPS) is 35.1. The second-order valence-electron chi connectivity index (χ2n) is 14.1. The van der Waals surface area contributed by atoms with Gasteiger partial charge in [-0.15, -0.1) is 0 Å². The molecule has 42 heavy (non-hydrogen) atoms. The first-order valence-electron chi connectivity index (χ1n) is 14.7. The largest absolute Gasteiger partial charge is 0.481 e. The van der Waals surface area contributed by atoms with Gasteiger partial charge in [-0.1, -0.05) is 55.2 Å². The average molecular weight is 615 g/mol. The van der Waals surface area contributed by atoms with E-state index < -0.39 is 45.7 Å². The molecule has 2 aromatic carbocycles. The zero-order valence-corrected chi connectivity index (χ0v) is 25.1. The smallest absolute Gasteiger partial charge is 0.309 e. The highest BCUT2D eigenvalue weighted by molar-refractivity contribution is 6.31. The molecular formula is C32H34Cl2FN3O4. The molecule has 2 heterocycles. The second kappa shape index (κ2) is 8.93. The van der Waals surface area contributed by atoms with E-state index in [2.05, 4.69) is 29.8 Å². The van der Waals surface area contributed by atoms with Crippen LogP contribution in [0.5, 0.6) is 0 Å². The molecule has 0 aromatic heterocycles. The number of fused-ring (bicyclic) bond motifs is 6. The number of rotatable bonds is 4. The van der Waals surface area contributed by atoms with Gasteiger partial charge in [0.15, 0.2) is 0 Å². The predicted octanol–water partition coefficient (Wildman–Crippen LogP) is 5.93.